The second kappa shape index (κ2) is 4.24. The van der Waals surface area contributed by atoms with Crippen LogP contribution in [0.2, 0.25) is 5.02 Å². The summed E-state index contributed by atoms with van der Waals surface area (Å²) in [7, 11) is 1.85. The molecule has 0 amide bonds. The molecule has 2 aromatic heterocycles. The summed E-state index contributed by atoms with van der Waals surface area (Å²) in [6.45, 7) is 1.88. The highest BCUT2D eigenvalue weighted by Crippen LogP contribution is 2.38. The van der Waals surface area contributed by atoms with Gasteiger partial charge in [-0.05, 0) is 19.8 Å². The minimum Gasteiger partial charge on any atom is -0.373 e. The number of aromatic nitrogens is 4. The fourth-order valence-corrected chi connectivity index (χ4v) is 1.91. The molecule has 2 aromatic rings. The molecule has 18 heavy (non-hydrogen) atoms. The molecule has 1 aliphatic rings. The van der Waals surface area contributed by atoms with Gasteiger partial charge in [0.15, 0.2) is 5.82 Å². The zero-order chi connectivity index (χ0) is 12.7. The van der Waals surface area contributed by atoms with Crippen LogP contribution in [0.4, 0.5) is 5.82 Å². The third-order valence-corrected chi connectivity index (χ3v) is 3.37. The number of nitrogens with one attached hydrogen (secondary N) is 1. The predicted molar refractivity (Wildman–Crippen MR) is 70.4 cm³/mol. The van der Waals surface area contributed by atoms with Gasteiger partial charge in [0.05, 0.1) is 16.9 Å². The first-order chi connectivity index (χ1) is 8.67. The van der Waals surface area contributed by atoms with E-state index in [4.69, 9.17) is 11.6 Å². The van der Waals surface area contributed by atoms with Crippen LogP contribution in [0.1, 0.15) is 30.3 Å². The third kappa shape index (κ3) is 2.06. The first-order valence-corrected chi connectivity index (χ1v) is 6.34. The number of anilines is 1. The van der Waals surface area contributed by atoms with Gasteiger partial charge in [0.2, 0.25) is 0 Å². The van der Waals surface area contributed by atoms with Crippen LogP contribution in [0.15, 0.2) is 12.3 Å². The molecular weight excluding hydrogens is 250 g/mol. The summed E-state index contributed by atoms with van der Waals surface area (Å²) < 4.78 is 1.70. The second-order valence-electron chi connectivity index (χ2n) is 4.50. The van der Waals surface area contributed by atoms with Crippen molar-refractivity contribution in [2.45, 2.75) is 25.7 Å². The highest BCUT2D eigenvalue weighted by Gasteiger charge is 2.27. The van der Waals surface area contributed by atoms with Gasteiger partial charge in [0.1, 0.15) is 11.6 Å². The standard InChI is InChI=1S/C12H14ClN5/c1-7-9(13)6-18(17-7)11-5-10(14-2)15-12(16-11)8-3-4-8/h5-6,8H,3-4H2,1-2H3,(H,14,15,16). The number of rotatable bonds is 3. The van der Waals surface area contributed by atoms with Crippen molar-refractivity contribution in [1.29, 1.82) is 0 Å². The minimum atomic E-state index is 0.504. The van der Waals surface area contributed by atoms with E-state index in [1.165, 1.54) is 12.8 Å². The van der Waals surface area contributed by atoms with Gasteiger partial charge in [0.25, 0.3) is 0 Å². The van der Waals surface area contributed by atoms with E-state index in [2.05, 4.69) is 20.4 Å². The van der Waals surface area contributed by atoms with Crippen molar-refractivity contribution >= 4 is 17.4 Å². The Morgan fingerprint density at radius 1 is 1.39 bits per heavy atom. The molecule has 1 aliphatic carbocycles. The molecule has 1 saturated carbocycles. The molecule has 1 N–H and O–H groups in total. The number of hydrogen-bond donors (Lipinski definition) is 1. The lowest BCUT2D eigenvalue weighted by Gasteiger charge is -2.06. The van der Waals surface area contributed by atoms with E-state index in [1.54, 1.807) is 10.9 Å². The summed E-state index contributed by atoms with van der Waals surface area (Å²) >= 11 is 6.03. The van der Waals surface area contributed by atoms with Crippen LogP contribution in [0, 0.1) is 6.92 Å². The second-order valence-corrected chi connectivity index (χ2v) is 4.91. The summed E-state index contributed by atoms with van der Waals surface area (Å²) in [5.41, 5.74) is 0.800. The van der Waals surface area contributed by atoms with Crippen LogP contribution in [-0.2, 0) is 0 Å². The van der Waals surface area contributed by atoms with E-state index in [-0.39, 0.29) is 0 Å². The summed E-state index contributed by atoms with van der Waals surface area (Å²) in [4.78, 5) is 9.03. The number of aryl methyl sites for hydroxylation is 1. The van der Waals surface area contributed by atoms with E-state index in [9.17, 15) is 0 Å². The van der Waals surface area contributed by atoms with Crippen LogP contribution in [-0.4, -0.2) is 26.8 Å². The van der Waals surface area contributed by atoms with Gasteiger partial charge in [-0.2, -0.15) is 5.10 Å². The third-order valence-electron chi connectivity index (χ3n) is 3.00. The van der Waals surface area contributed by atoms with E-state index in [1.807, 2.05) is 20.0 Å². The van der Waals surface area contributed by atoms with Gasteiger partial charge in [-0.15, -0.1) is 0 Å². The largest absolute Gasteiger partial charge is 0.373 e. The van der Waals surface area contributed by atoms with E-state index in [0.29, 0.717) is 10.9 Å². The molecule has 1 fully saturated rings. The van der Waals surface area contributed by atoms with Crippen LogP contribution in [0.3, 0.4) is 0 Å². The van der Waals surface area contributed by atoms with Crippen molar-refractivity contribution in [3.05, 3.63) is 28.8 Å². The highest BCUT2D eigenvalue weighted by atomic mass is 35.5. The molecular formula is C12H14ClN5. The zero-order valence-corrected chi connectivity index (χ0v) is 11.1. The van der Waals surface area contributed by atoms with Gasteiger partial charge in [-0.1, -0.05) is 11.6 Å². The number of nitrogens with zero attached hydrogens (tertiary/aromatic N) is 4. The van der Waals surface area contributed by atoms with Crippen molar-refractivity contribution in [2.75, 3.05) is 12.4 Å². The van der Waals surface area contributed by atoms with Gasteiger partial charge in [-0.3, -0.25) is 0 Å². The van der Waals surface area contributed by atoms with Gasteiger partial charge < -0.3 is 5.32 Å². The van der Waals surface area contributed by atoms with E-state index in [0.717, 1.165) is 23.2 Å². The maximum absolute atomic E-state index is 6.03. The first kappa shape index (κ1) is 11.5. The molecule has 5 nitrogen and oxygen atoms in total. The molecule has 3 rings (SSSR count). The Balaban J connectivity index is 2.07. The van der Waals surface area contributed by atoms with Crippen molar-refractivity contribution in [3.8, 4) is 5.82 Å². The van der Waals surface area contributed by atoms with Crippen molar-refractivity contribution in [3.63, 3.8) is 0 Å². The van der Waals surface area contributed by atoms with Gasteiger partial charge >= 0.3 is 0 Å². The Bertz CT molecular complexity index is 569. The fraction of sp³-hybridized carbons (Fsp3) is 0.417. The average Bonchev–Trinajstić information content (AvgIpc) is 3.16. The Labute approximate surface area is 110 Å². The molecule has 0 aromatic carbocycles. The lowest BCUT2D eigenvalue weighted by molar-refractivity contribution is 0.801. The maximum atomic E-state index is 6.03. The lowest BCUT2D eigenvalue weighted by atomic mass is 10.4. The Morgan fingerprint density at radius 2 is 2.17 bits per heavy atom. The summed E-state index contributed by atoms with van der Waals surface area (Å²) in [6, 6.07) is 1.87. The highest BCUT2D eigenvalue weighted by molar-refractivity contribution is 6.31. The molecule has 0 unspecified atom stereocenters. The van der Waals surface area contributed by atoms with Crippen LogP contribution < -0.4 is 5.32 Å². The Morgan fingerprint density at radius 3 is 2.72 bits per heavy atom. The number of halogens is 1. The Kier molecular flexibility index (Phi) is 2.70. The molecule has 94 valence electrons. The minimum absolute atomic E-state index is 0.504. The average molecular weight is 264 g/mol. The zero-order valence-electron chi connectivity index (χ0n) is 10.3. The fourth-order valence-electron chi connectivity index (χ4n) is 1.78. The first-order valence-electron chi connectivity index (χ1n) is 5.96. The molecule has 6 heteroatoms. The normalized spacial score (nSPS) is 14.8. The predicted octanol–water partition coefficient (Wildman–Crippen LogP) is 2.54. The Hall–Kier alpha value is -1.62. The smallest absolute Gasteiger partial charge is 0.159 e. The lowest BCUT2D eigenvalue weighted by Crippen LogP contribution is -2.05. The quantitative estimate of drug-likeness (QED) is 0.925. The maximum Gasteiger partial charge on any atom is 0.159 e. The SMILES string of the molecule is CNc1cc(-n2cc(Cl)c(C)n2)nc(C2CC2)n1. The van der Waals surface area contributed by atoms with Gasteiger partial charge in [-0.25, -0.2) is 14.6 Å². The van der Waals surface area contributed by atoms with Crippen LogP contribution in [0.25, 0.3) is 5.82 Å². The van der Waals surface area contributed by atoms with Crippen molar-refractivity contribution < 1.29 is 0 Å². The summed E-state index contributed by atoms with van der Waals surface area (Å²) in [5, 5.41) is 8.05. The molecule has 0 atom stereocenters. The van der Waals surface area contributed by atoms with Crippen molar-refractivity contribution in [2.24, 2.45) is 0 Å². The van der Waals surface area contributed by atoms with Gasteiger partial charge in [0, 0.05) is 19.0 Å². The molecule has 2 heterocycles. The molecule has 0 bridgehead atoms. The molecule has 0 radical (unpaired) electrons. The molecule has 0 saturated heterocycles. The number of hydrogen-bond acceptors (Lipinski definition) is 4. The summed E-state index contributed by atoms with van der Waals surface area (Å²) in [6.07, 6.45) is 4.12. The summed E-state index contributed by atoms with van der Waals surface area (Å²) in [5.74, 6) is 2.96. The molecule has 0 aliphatic heterocycles. The van der Waals surface area contributed by atoms with Crippen LogP contribution >= 0.6 is 11.6 Å². The van der Waals surface area contributed by atoms with Crippen LogP contribution in [0.5, 0.6) is 0 Å². The van der Waals surface area contributed by atoms with E-state index >= 15 is 0 Å². The van der Waals surface area contributed by atoms with Crippen molar-refractivity contribution in [1.82, 2.24) is 19.7 Å². The topological polar surface area (TPSA) is 55.6 Å². The monoisotopic (exact) mass is 263 g/mol. The van der Waals surface area contributed by atoms with E-state index < -0.39 is 0 Å². The molecule has 0 spiro atoms.